The van der Waals surface area contributed by atoms with Crippen LogP contribution in [0.5, 0.6) is 0 Å². The Balaban J connectivity index is 2.38. The summed E-state index contributed by atoms with van der Waals surface area (Å²) in [6.07, 6.45) is 4.20. The Hall–Kier alpha value is -0.610. The van der Waals surface area contributed by atoms with Crippen molar-refractivity contribution in [2.45, 2.75) is 58.0 Å². The molecule has 1 rings (SSSR count). The molecule has 0 radical (unpaired) electrons. The second-order valence-electron chi connectivity index (χ2n) is 6.02. The van der Waals surface area contributed by atoms with E-state index < -0.39 is 11.5 Å². The molecule has 3 unspecified atom stereocenters. The molecule has 4 nitrogen and oxygen atoms in total. The van der Waals surface area contributed by atoms with Crippen LogP contribution in [-0.4, -0.2) is 47.7 Å². The zero-order valence-corrected chi connectivity index (χ0v) is 12.2. The molecule has 0 bridgehead atoms. The molecule has 0 amide bonds. The number of carbonyl (C=O) groups is 1. The van der Waals surface area contributed by atoms with E-state index in [1.807, 2.05) is 0 Å². The summed E-state index contributed by atoms with van der Waals surface area (Å²) in [6, 6.07) is 0.645. The first-order valence-electron chi connectivity index (χ1n) is 7.05. The summed E-state index contributed by atoms with van der Waals surface area (Å²) in [6.45, 7) is 8.51. The fourth-order valence-corrected chi connectivity index (χ4v) is 2.67. The highest BCUT2D eigenvalue weighted by Crippen LogP contribution is 2.22. The van der Waals surface area contributed by atoms with Gasteiger partial charge in [0.15, 0.2) is 0 Å². The third-order valence-corrected chi connectivity index (χ3v) is 4.39. The lowest BCUT2D eigenvalue weighted by molar-refractivity contribution is -0.144. The number of carboxylic acid groups (broad SMARTS) is 1. The van der Waals surface area contributed by atoms with Crippen molar-refractivity contribution >= 4 is 5.97 Å². The van der Waals surface area contributed by atoms with Crippen LogP contribution in [0.25, 0.3) is 0 Å². The first-order valence-corrected chi connectivity index (χ1v) is 7.05. The highest BCUT2D eigenvalue weighted by atomic mass is 16.4. The second kappa shape index (κ2) is 6.53. The van der Waals surface area contributed by atoms with Gasteiger partial charge in [-0.15, -0.1) is 0 Å². The lowest BCUT2D eigenvalue weighted by Crippen LogP contribution is -2.48. The lowest BCUT2D eigenvalue weighted by Gasteiger charge is -2.37. The molecule has 1 aliphatic heterocycles. The summed E-state index contributed by atoms with van der Waals surface area (Å²) in [5.74, 6) is 0.0152. The van der Waals surface area contributed by atoms with Crippen LogP contribution < -0.4 is 5.32 Å². The number of aliphatic carboxylic acids is 1. The Bertz CT molecular complexity index is 283. The molecule has 1 fully saturated rings. The maximum Gasteiger partial charge on any atom is 0.323 e. The predicted molar refractivity (Wildman–Crippen MR) is 73.8 cm³/mol. The van der Waals surface area contributed by atoms with E-state index >= 15 is 0 Å². The average Bonchev–Trinajstić information content (AvgIpc) is 2.33. The Morgan fingerprint density at radius 2 is 2.11 bits per heavy atom. The van der Waals surface area contributed by atoms with Gasteiger partial charge >= 0.3 is 5.97 Å². The lowest BCUT2D eigenvalue weighted by atomic mass is 9.93. The maximum atomic E-state index is 11.2. The van der Waals surface area contributed by atoms with Gasteiger partial charge in [0.05, 0.1) is 0 Å². The van der Waals surface area contributed by atoms with Crippen molar-refractivity contribution in [1.82, 2.24) is 10.2 Å². The minimum atomic E-state index is -0.787. The third kappa shape index (κ3) is 3.95. The quantitative estimate of drug-likeness (QED) is 0.762. The van der Waals surface area contributed by atoms with Gasteiger partial charge < -0.3 is 15.3 Å². The zero-order chi connectivity index (χ0) is 13.8. The number of rotatable bonds is 6. The van der Waals surface area contributed by atoms with E-state index in [4.69, 9.17) is 0 Å². The highest BCUT2D eigenvalue weighted by Gasteiger charge is 2.31. The van der Waals surface area contributed by atoms with Crippen LogP contribution in [0, 0.1) is 5.92 Å². The number of piperidine rings is 1. The minimum Gasteiger partial charge on any atom is -0.480 e. The van der Waals surface area contributed by atoms with Gasteiger partial charge in [-0.05, 0) is 59.0 Å². The number of likely N-dealkylation sites (N-methyl/N-ethyl adjacent to an activating group) is 1. The van der Waals surface area contributed by atoms with Gasteiger partial charge in [-0.1, -0.05) is 6.92 Å². The number of nitrogens with one attached hydrogen (secondary N) is 1. The molecule has 1 heterocycles. The van der Waals surface area contributed by atoms with Crippen molar-refractivity contribution < 1.29 is 9.90 Å². The standard InChI is InChI=1S/C14H28N2O2/c1-11-6-7-12(2)16(10-11)9-5-8-14(3,15-4)13(17)18/h11-12,15H,5-10H2,1-4H3,(H,17,18). The van der Waals surface area contributed by atoms with Crippen LogP contribution >= 0.6 is 0 Å². The topological polar surface area (TPSA) is 52.6 Å². The molecule has 106 valence electrons. The van der Waals surface area contributed by atoms with E-state index in [9.17, 15) is 9.90 Å². The summed E-state index contributed by atoms with van der Waals surface area (Å²) >= 11 is 0. The number of nitrogens with zero attached hydrogens (tertiary/aromatic N) is 1. The second-order valence-corrected chi connectivity index (χ2v) is 6.02. The molecule has 3 atom stereocenters. The SMILES string of the molecule is CNC(C)(CCCN1CC(C)CCC1C)C(=O)O. The van der Waals surface area contributed by atoms with Crippen molar-refractivity contribution in [3.8, 4) is 0 Å². The van der Waals surface area contributed by atoms with Gasteiger partial charge in [-0.25, -0.2) is 0 Å². The molecule has 1 saturated heterocycles. The molecule has 2 N–H and O–H groups in total. The van der Waals surface area contributed by atoms with E-state index in [0.29, 0.717) is 12.5 Å². The van der Waals surface area contributed by atoms with Crippen LogP contribution in [-0.2, 0) is 4.79 Å². The summed E-state index contributed by atoms with van der Waals surface area (Å²) in [4.78, 5) is 13.7. The largest absolute Gasteiger partial charge is 0.480 e. The van der Waals surface area contributed by atoms with E-state index in [1.54, 1.807) is 14.0 Å². The Kier molecular flexibility index (Phi) is 5.60. The van der Waals surface area contributed by atoms with Crippen LogP contribution in [0.3, 0.4) is 0 Å². The van der Waals surface area contributed by atoms with Crippen LogP contribution in [0.1, 0.15) is 46.5 Å². The van der Waals surface area contributed by atoms with Gasteiger partial charge in [0.25, 0.3) is 0 Å². The minimum absolute atomic E-state index is 0.645. The zero-order valence-electron chi connectivity index (χ0n) is 12.2. The predicted octanol–water partition coefficient (Wildman–Crippen LogP) is 1.95. The Labute approximate surface area is 111 Å². The van der Waals surface area contributed by atoms with E-state index in [2.05, 4.69) is 24.1 Å². The van der Waals surface area contributed by atoms with Crippen LogP contribution in [0.2, 0.25) is 0 Å². The highest BCUT2D eigenvalue weighted by molar-refractivity contribution is 5.78. The molecule has 0 saturated carbocycles. The van der Waals surface area contributed by atoms with Gasteiger partial charge in [-0.2, -0.15) is 0 Å². The number of hydrogen-bond acceptors (Lipinski definition) is 3. The summed E-state index contributed by atoms with van der Waals surface area (Å²) in [5, 5.41) is 12.1. The molecule has 1 aliphatic rings. The summed E-state index contributed by atoms with van der Waals surface area (Å²) in [5.41, 5.74) is -0.787. The van der Waals surface area contributed by atoms with Gasteiger partial charge in [-0.3, -0.25) is 4.79 Å². The monoisotopic (exact) mass is 256 g/mol. The molecular weight excluding hydrogens is 228 g/mol. The molecule has 0 aromatic carbocycles. The van der Waals surface area contributed by atoms with E-state index in [0.717, 1.165) is 25.4 Å². The van der Waals surface area contributed by atoms with Crippen LogP contribution in [0.4, 0.5) is 0 Å². The number of hydrogen-bond donors (Lipinski definition) is 2. The summed E-state index contributed by atoms with van der Waals surface area (Å²) < 4.78 is 0. The van der Waals surface area contributed by atoms with Crippen molar-refractivity contribution in [3.05, 3.63) is 0 Å². The molecule has 18 heavy (non-hydrogen) atoms. The average molecular weight is 256 g/mol. The number of carboxylic acids is 1. The van der Waals surface area contributed by atoms with Gasteiger partial charge in [0, 0.05) is 12.6 Å². The maximum absolute atomic E-state index is 11.2. The van der Waals surface area contributed by atoms with Crippen molar-refractivity contribution in [2.24, 2.45) is 5.92 Å². The van der Waals surface area contributed by atoms with Crippen molar-refractivity contribution in [2.75, 3.05) is 20.1 Å². The Morgan fingerprint density at radius 3 is 2.67 bits per heavy atom. The van der Waals surface area contributed by atoms with Gasteiger partial charge in [0.1, 0.15) is 5.54 Å². The molecular formula is C14H28N2O2. The molecule has 0 aliphatic carbocycles. The Morgan fingerprint density at radius 1 is 1.44 bits per heavy atom. The molecule has 0 aromatic rings. The normalized spacial score (nSPS) is 28.9. The molecule has 0 spiro atoms. The fourth-order valence-electron chi connectivity index (χ4n) is 2.67. The first-order chi connectivity index (χ1) is 8.39. The van der Waals surface area contributed by atoms with Crippen molar-refractivity contribution in [1.29, 1.82) is 0 Å². The molecule has 0 aromatic heterocycles. The van der Waals surface area contributed by atoms with Crippen molar-refractivity contribution in [3.63, 3.8) is 0 Å². The molecule has 4 heteroatoms. The van der Waals surface area contributed by atoms with E-state index in [1.165, 1.54) is 12.8 Å². The number of likely N-dealkylation sites (tertiary alicyclic amines) is 1. The summed E-state index contributed by atoms with van der Waals surface area (Å²) in [7, 11) is 1.72. The third-order valence-electron chi connectivity index (χ3n) is 4.39. The van der Waals surface area contributed by atoms with E-state index in [-0.39, 0.29) is 0 Å². The fraction of sp³-hybridized carbons (Fsp3) is 0.929. The van der Waals surface area contributed by atoms with Gasteiger partial charge in [0.2, 0.25) is 0 Å². The van der Waals surface area contributed by atoms with Crippen LogP contribution in [0.15, 0.2) is 0 Å². The first kappa shape index (κ1) is 15.4. The smallest absolute Gasteiger partial charge is 0.323 e.